The largest absolute Gasteiger partial charge is 0.0587 e. The quantitative estimate of drug-likeness (QED) is 0.607. The van der Waals surface area contributed by atoms with E-state index < -0.39 is 7.92 Å². The smallest absolute Gasteiger partial charge is 0 e. The molecule has 3 aromatic rings. The average molecular weight is 363 g/mol. The van der Waals surface area contributed by atoms with Crippen LogP contribution in [0.3, 0.4) is 0 Å². The van der Waals surface area contributed by atoms with E-state index in [1.54, 1.807) is 0 Å². The van der Waals surface area contributed by atoms with Gasteiger partial charge in [0.15, 0.2) is 0 Å². The Labute approximate surface area is 150 Å². The Hall–Kier alpha value is -1.40. The first kappa shape index (κ1) is 17.9. The molecule has 0 N–H and O–H groups in total. The third-order valence-corrected chi connectivity index (χ3v) is 6.32. The molecule has 0 aromatic heterocycles. The van der Waals surface area contributed by atoms with Crippen LogP contribution in [-0.2, 0) is 16.8 Å². The first-order valence-electron chi connectivity index (χ1n) is 7.63. The molecule has 0 saturated carbocycles. The number of hydrogen-bond acceptors (Lipinski definition) is 0. The van der Waals surface area contributed by atoms with Crippen molar-refractivity contribution >= 4 is 23.8 Å². The molecule has 119 valence electrons. The number of benzene rings is 3. The Morgan fingerprint density at radius 3 is 0.870 bits per heavy atom. The molecule has 23 heavy (non-hydrogen) atoms. The fourth-order valence-electron chi connectivity index (χ4n) is 2.53. The van der Waals surface area contributed by atoms with Gasteiger partial charge < -0.3 is 0 Å². The molecule has 0 bridgehead atoms. The van der Waals surface area contributed by atoms with Crippen molar-refractivity contribution in [2.45, 2.75) is 20.8 Å². The molecular weight excluding hydrogens is 342 g/mol. The van der Waals surface area contributed by atoms with Gasteiger partial charge in [0, 0.05) is 16.8 Å². The topological polar surface area (TPSA) is 0 Å². The molecule has 0 aliphatic heterocycles. The van der Waals surface area contributed by atoms with Crippen LogP contribution in [0.2, 0.25) is 0 Å². The van der Waals surface area contributed by atoms with Crippen LogP contribution in [0.1, 0.15) is 16.7 Å². The first-order chi connectivity index (χ1) is 10.6. The van der Waals surface area contributed by atoms with Gasteiger partial charge in [-0.05, 0) is 44.6 Å². The molecule has 3 aromatic carbocycles. The van der Waals surface area contributed by atoms with Gasteiger partial charge in [0.1, 0.15) is 0 Å². The zero-order chi connectivity index (χ0) is 15.5. The van der Waals surface area contributed by atoms with E-state index in [0.29, 0.717) is 0 Å². The van der Waals surface area contributed by atoms with Gasteiger partial charge in [0.05, 0.1) is 0 Å². The van der Waals surface area contributed by atoms with Crippen LogP contribution in [-0.4, -0.2) is 0 Å². The molecule has 1 radical (unpaired) electrons. The summed E-state index contributed by atoms with van der Waals surface area (Å²) in [7, 11) is -0.483. The third kappa shape index (κ3) is 4.32. The van der Waals surface area contributed by atoms with E-state index in [-0.39, 0.29) is 16.8 Å². The third-order valence-electron chi connectivity index (χ3n) is 3.88. The van der Waals surface area contributed by atoms with Gasteiger partial charge >= 0.3 is 0 Å². The molecule has 0 aliphatic carbocycles. The van der Waals surface area contributed by atoms with E-state index in [1.807, 2.05) is 0 Å². The summed E-state index contributed by atoms with van der Waals surface area (Å²) in [5, 5.41) is 4.23. The van der Waals surface area contributed by atoms with Crippen LogP contribution in [0.25, 0.3) is 0 Å². The van der Waals surface area contributed by atoms with Crippen LogP contribution in [0.4, 0.5) is 0 Å². The van der Waals surface area contributed by atoms with Crippen molar-refractivity contribution in [3.63, 3.8) is 0 Å². The summed E-state index contributed by atoms with van der Waals surface area (Å²) in [6, 6.07) is 27.0. The van der Waals surface area contributed by atoms with Crippen LogP contribution in [0.5, 0.6) is 0 Å². The molecule has 0 unspecified atom stereocenters. The van der Waals surface area contributed by atoms with E-state index >= 15 is 0 Å². The van der Waals surface area contributed by atoms with Gasteiger partial charge in [-0.1, -0.05) is 89.5 Å². The summed E-state index contributed by atoms with van der Waals surface area (Å²) >= 11 is 0. The number of hydrogen-bond donors (Lipinski definition) is 0. The summed E-state index contributed by atoms with van der Waals surface area (Å²) in [6.45, 7) is 6.43. The van der Waals surface area contributed by atoms with Crippen LogP contribution >= 0.6 is 7.92 Å². The SMILES string of the molecule is Cc1ccc(P(c2ccc(C)cc2)c2ccc(C)cc2)cc1.[Co]. The normalized spacial score (nSPS) is 10.4. The maximum absolute atomic E-state index is 2.28. The van der Waals surface area contributed by atoms with Gasteiger partial charge in [0.25, 0.3) is 0 Å². The Morgan fingerprint density at radius 2 is 0.652 bits per heavy atom. The Balaban J connectivity index is 0.00000192. The van der Waals surface area contributed by atoms with Crippen molar-refractivity contribution < 1.29 is 16.8 Å². The van der Waals surface area contributed by atoms with Crippen molar-refractivity contribution in [2.75, 3.05) is 0 Å². The van der Waals surface area contributed by atoms with Crippen LogP contribution in [0, 0.1) is 20.8 Å². The molecule has 0 saturated heterocycles. The Kier molecular flexibility index (Phi) is 6.18. The minimum Gasteiger partial charge on any atom is -0.0587 e. The van der Waals surface area contributed by atoms with Crippen LogP contribution in [0.15, 0.2) is 72.8 Å². The summed E-state index contributed by atoms with van der Waals surface area (Å²) in [6.07, 6.45) is 0. The maximum Gasteiger partial charge on any atom is 0 e. The molecular formula is C21H21CoP. The number of aryl methyl sites for hydroxylation is 3. The van der Waals surface area contributed by atoms with Gasteiger partial charge in [0.2, 0.25) is 0 Å². The Morgan fingerprint density at radius 1 is 0.435 bits per heavy atom. The van der Waals surface area contributed by atoms with Crippen molar-refractivity contribution in [2.24, 2.45) is 0 Å². The van der Waals surface area contributed by atoms with Gasteiger partial charge in [-0.25, -0.2) is 0 Å². The summed E-state index contributed by atoms with van der Waals surface area (Å²) in [4.78, 5) is 0. The van der Waals surface area contributed by atoms with Crippen molar-refractivity contribution in [3.05, 3.63) is 89.5 Å². The Bertz CT molecular complexity index is 635. The van der Waals surface area contributed by atoms with Crippen molar-refractivity contribution in [1.82, 2.24) is 0 Å². The molecule has 2 heteroatoms. The minimum atomic E-state index is -0.483. The van der Waals surface area contributed by atoms with Crippen molar-refractivity contribution in [1.29, 1.82) is 0 Å². The van der Waals surface area contributed by atoms with Crippen LogP contribution < -0.4 is 15.9 Å². The van der Waals surface area contributed by atoms with E-state index in [0.717, 1.165) is 0 Å². The van der Waals surface area contributed by atoms with Gasteiger partial charge in [-0.2, -0.15) is 0 Å². The predicted molar refractivity (Wildman–Crippen MR) is 99.4 cm³/mol. The second-order valence-electron chi connectivity index (χ2n) is 5.84. The second-order valence-corrected chi connectivity index (χ2v) is 8.06. The molecule has 0 aliphatic rings. The van der Waals surface area contributed by atoms with E-state index in [4.69, 9.17) is 0 Å². The molecule has 0 nitrogen and oxygen atoms in total. The fourth-order valence-corrected chi connectivity index (χ4v) is 4.76. The maximum atomic E-state index is 2.28. The number of rotatable bonds is 3. The zero-order valence-electron chi connectivity index (χ0n) is 13.7. The van der Waals surface area contributed by atoms with Gasteiger partial charge in [-0.15, -0.1) is 0 Å². The molecule has 0 atom stereocenters. The monoisotopic (exact) mass is 363 g/mol. The predicted octanol–water partition coefficient (Wildman–Crippen LogP) is 4.37. The van der Waals surface area contributed by atoms with E-state index in [9.17, 15) is 0 Å². The fraction of sp³-hybridized carbons (Fsp3) is 0.143. The first-order valence-corrected chi connectivity index (χ1v) is 8.98. The molecule has 0 spiro atoms. The van der Waals surface area contributed by atoms with Gasteiger partial charge in [-0.3, -0.25) is 0 Å². The summed E-state index contributed by atoms with van der Waals surface area (Å²) in [5.74, 6) is 0. The van der Waals surface area contributed by atoms with Crippen molar-refractivity contribution in [3.8, 4) is 0 Å². The summed E-state index contributed by atoms with van der Waals surface area (Å²) < 4.78 is 0. The molecule has 0 heterocycles. The van der Waals surface area contributed by atoms with E-state index in [1.165, 1.54) is 32.6 Å². The average Bonchev–Trinajstić information content (AvgIpc) is 2.53. The van der Waals surface area contributed by atoms with E-state index in [2.05, 4.69) is 93.6 Å². The molecule has 0 amide bonds. The molecule has 3 rings (SSSR count). The minimum absolute atomic E-state index is 0. The standard InChI is InChI=1S/C21H21P.Co/c1-16-4-10-19(11-5-16)22(20-12-6-17(2)7-13-20)21-14-8-18(3)9-15-21;/h4-15H,1-3H3;. The zero-order valence-corrected chi connectivity index (χ0v) is 15.6. The summed E-state index contributed by atoms with van der Waals surface area (Å²) in [5.41, 5.74) is 3.93. The molecule has 0 fully saturated rings. The second kappa shape index (κ2) is 7.92.